The lowest BCUT2D eigenvalue weighted by atomic mass is 9.93. The Hall–Kier alpha value is -1.63. The minimum absolute atomic E-state index is 0.174. The molecule has 0 spiro atoms. The quantitative estimate of drug-likeness (QED) is 0.866. The van der Waals surface area contributed by atoms with Crippen molar-refractivity contribution in [1.82, 2.24) is 20.4 Å². The van der Waals surface area contributed by atoms with E-state index in [1.807, 2.05) is 0 Å². The zero-order chi connectivity index (χ0) is 18.1. The molecule has 2 aliphatic heterocycles. The molecule has 3 fully saturated rings. The van der Waals surface area contributed by atoms with Crippen molar-refractivity contribution in [2.75, 3.05) is 31.1 Å². The predicted molar refractivity (Wildman–Crippen MR) is 99.1 cm³/mol. The molecule has 1 aromatic rings. The standard InChI is InChI=1S/C19H31N5O2/c1-13(2)18-21-19(22-26-18)23-10-7-16(8-11-23)24-9-3-4-14(12-24)17(25)20-15-5-6-15/h13-16H,3-12H2,1-2H3,(H,20,25)/t14-/m1/s1. The van der Waals surface area contributed by atoms with Crippen molar-refractivity contribution < 1.29 is 9.32 Å². The fourth-order valence-electron chi connectivity index (χ4n) is 4.12. The van der Waals surface area contributed by atoms with Gasteiger partial charge in [0.25, 0.3) is 5.95 Å². The molecular weight excluding hydrogens is 330 g/mol. The maximum absolute atomic E-state index is 12.4. The summed E-state index contributed by atoms with van der Waals surface area (Å²) in [6.45, 7) is 8.08. The first-order valence-corrected chi connectivity index (χ1v) is 10.2. The maximum Gasteiger partial charge on any atom is 0.266 e. The highest BCUT2D eigenvalue weighted by molar-refractivity contribution is 5.79. The highest BCUT2D eigenvalue weighted by Crippen LogP contribution is 2.27. The SMILES string of the molecule is CC(C)c1nc(N2CCC(N3CCC[C@@H](C(=O)NC4CC4)C3)CC2)no1. The van der Waals surface area contributed by atoms with Crippen molar-refractivity contribution >= 4 is 11.9 Å². The Balaban J connectivity index is 1.28. The van der Waals surface area contributed by atoms with Crippen molar-refractivity contribution in [3.63, 3.8) is 0 Å². The Morgan fingerprint density at radius 1 is 1.15 bits per heavy atom. The maximum atomic E-state index is 12.4. The summed E-state index contributed by atoms with van der Waals surface area (Å²) in [6.07, 6.45) is 6.69. The summed E-state index contributed by atoms with van der Waals surface area (Å²) in [7, 11) is 0. The Morgan fingerprint density at radius 2 is 1.92 bits per heavy atom. The molecule has 1 saturated carbocycles. The van der Waals surface area contributed by atoms with E-state index in [2.05, 4.69) is 39.1 Å². The van der Waals surface area contributed by atoms with Crippen LogP contribution in [0.15, 0.2) is 4.52 Å². The molecule has 7 heteroatoms. The predicted octanol–water partition coefficient (Wildman–Crippen LogP) is 2.15. The van der Waals surface area contributed by atoms with Gasteiger partial charge >= 0.3 is 0 Å². The van der Waals surface area contributed by atoms with Crippen molar-refractivity contribution in [3.05, 3.63) is 5.89 Å². The molecule has 1 atom stereocenters. The van der Waals surface area contributed by atoms with Gasteiger partial charge in [-0.25, -0.2) is 0 Å². The molecule has 144 valence electrons. The molecular formula is C19H31N5O2. The Bertz CT molecular complexity index is 619. The average Bonchev–Trinajstić information content (AvgIpc) is 3.33. The van der Waals surface area contributed by atoms with Gasteiger partial charge in [-0.05, 0) is 50.2 Å². The van der Waals surface area contributed by atoms with E-state index < -0.39 is 0 Å². The van der Waals surface area contributed by atoms with Crippen LogP contribution in [-0.2, 0) is 4.79 Å². The smallest absolute Gasteiger partial charge is 0.266 e. The van der Waals surface area contributed by atoms with Gasteiger partial charge in [-0.2, -0.15) is 4.98 Å². The third kappa shape index (κ3) is 4.03. The zero-order valence-electron chi connectivity index (χ0n) is 16.0. The number of carbonyl (C=O) groups excluding carboxylic acids is 1. The zero-order valence-corrected chi connectivity index (χ0v) is 16.0. The van der Waals surface area contributed by atoms with Crippen molar-refractivity contribution in [2.45, 2.75) is 70.4 Å². The molecule has 0 radical (unpaired) electrons. The van der Waals surface area contributed by atoms with Crippen LogP contribution >= 0.6 is 0 Å². The third-order valence-corrected chi connectivity index (χ3v) is 5.94. The number of likely N-dealkylation sites (tertiary alicyclic amines) is 1. The number of aromatic nitrogens is 2. The van der Waals surface area contributed by atoms with Gasteiger partial charge in [-0.15, -0.1) is 0 Å². The number of hydrogen-bond acceptors (Lipinski definition) is 6. The van der Waals surface area contributed by atoms with Crippen LogP contribution in [-0.4, -0.2) is 59.2 Å². The molecule has 26 heavy (non-hydrogen) atoms. The number of rotatable bonds is 5. The van der Waals surface area contributed by atoms with Crippen molar-refractivity contribution in [3.8, 4) is 0 Å². The number of hydrogen-bond donors (Lipinski definition) is 1. The van der Waals surface area contributed by atoms with E-state index in [1.165, 1.54) is 0 Å². The highest BCUT2D eigenvalue weighted by atomic mass is 16.5. The molecule has 7 nitrogen and oxygen atoms in total. The number of carbonyl (C=O) groups is 1. The van der Waals surface area contributed by atoms with Gasteiger partial charge in [0.05, 0.1) is 5.92 Å². The highest BCUT2D eigenvalue weighted by Gasteiger charge is 2.34. The molecule has 1 amide bonds. The molecule has 3 heterocycles. The minimum atomic E-state index is 0.174. The van der Waals surface area contributed by atoms with E-state index in [0.717, 1.165) is 70.7 Å². The largest absolute Gasteiger partial charge is 0.353 e. The summed E-state index contributed by atoms with van der Waals surface area (Å²) in [4.78, 5) is 21.7. The van der Waals surface area contributed by atoms with Crippen molar-refractivity contribution in [1.29, 1.82) is 0 Å². The second-order valence-electron chi connectivity index (χ2n) is 8.42. The van der Waals surface area contributed by atoms with Crippen LogP contribution < -0.4 is 10.2 Å². The number of nitrogens with zero attached hydrogens (tertiary/aromatic N) is 4. The summed E-state index contributed by atoms with van der Waals surface area (Å²) < 4.78 is 5.34. The molecule has 3 aliphatic rings. The second kappa shape index (κ2) is 7.55. The molecule has 0 bridgehead atoms. The number of piperidine rings is 2. The first-order chi connectivity index (χ1) is 12.6. The summed E-state index contributed by atoms with van der Waals surface area (Å²) in [5.74, 6) is 2.16. The topological polar surface area (TPSA) is 74.5 Å². The van der Waals surface area contributed by atoms with Crippen molar-refractivity contribution in [2.24, 2.45) is 5.92 Å². The second-order valence-corrected chi connectivity index (χ2v) is 8.42. The van der Waals surface area contributed by atoms with Gasteiger partial charge in [0.15, 0.2) is 0 Å². The number of amides is 1. The fourth-order valence-corrected chi connectivity index (χ4v) is 4.12. The number of anilines is 1. The average molecular weight is 361 g/mol. The van der Waals surface area contributed by atoms with Gasteiger partial charge < -0.3 is 14.7 Å². The first-order valence-electron chi connectivity index (χ1n) is 10.2. The Labute approximate surface area is 155 Å². The summed E-state index contributed by atoms with van der Waals surface area (Å²) in [5.41, 5.74) is 0. The molecule has 1 aromatic heterocycles. The lowest BCUT2D eigenvalue weighted by Gasteiger charge is -2.41. The van der Waals surface area contributed by atoms with Gasteiger partial charge in [-0.3, -0.25) is 9.69 Å². The molecule has 2 saturated heterocycles. The van der Waals surface area contributed by atoms with Crippen LogP contribution in [0.5, 0.6) is 0 Å². The molecule has 1 N–H and O–H groups in total. The normalized spacial score (nSPS) is 25.7. The molecule has 0 aromatic carbocycles. The first kappa shape index (κ1) is 17.8. The van der Waals surface area contributed by atoms with Gasteiger partial charge in [0.2, 0.25) is 11.8 Å². The monoisotopic (exact) mass is 361 g/mol. The summed E-state index contributed by atoms with van der Waals surface area (Å²) >= 11 is 0. The van der Waals surface area contributed by atoms with Crippen LogP contribution in [0.25, 0.3) is 0 Å². The van der Waals surface area contributed by atoms with Gasteiger partial charge in [0.1, 0.15) is 0 Å². The number of nitrogens with one attached hydrogen (secondary N) is 1. The van der Waals surface area contributed by atoms with Gasteiger partial charge in [0, 0.05) is 37.6 Å². The summed E-state index contributed by atoms with van der Waals surface area (Å²) in [6, 6.07) is 1.03. The third-order valence-electron chi connectivity index (χ3n) is 5.94. The van der Waals surface area contributed by atoms with Crippen LogP contribution in [0.1, 0.15) is 64.2 Å². The van der Waals surface area contributed by atoms with E-state index in [1.54, 1.807) is 0 Å². The van der Waals surface area contributed by atoms with Crippen LogP contribution in [0.3, 0.4) is 0 Å². The lowest BCUT2D eigenvalue weighted by molar-refractivity contribution is -0.127. The minimum Gasteiger partial charge on any atom is -0.353 e. The van der Waals surface area contributed by atoms with E-state index in [-0.39, 0.29) is 17.7 Å². The van der Waals surface area contributed by atoms with E-state index in [4.69, 9.17) is 4.52 Å². The lowest BCUT2D eigenvalue weighted by Crippen LogP contribution is -2.51. The van der Waals surface area contributed by atoms with Crippen LogP contribution in [0.2, 0.25) is 0 Å². The fraction of sp³-hybridized carbons (Fsp3) is 0.842. The Kier molecular flexibility index (Phi) is 5.16. The Morgan fingerprint density at radius 3 is 2.58 bits per heavy atom. The van der Waals surface area contributed by atoms with Crippen LogP contribution in [0, 0.1) is 5.92 Å². The van der Waals surface area contributed by atoms with E-state index in [9.17, 15) is 4.79 Å². The molecule has 1 aliphatic carbocycles. The van der Waals surface area contributed by atoms with E-state index in [0.29, 0.717) is 18.0 Å². The van der Waals surface area contributed by atoms with E-state index >= 15 is 0 Å². The summed E-state index contributed by atoms with van der Waals surface area (Å²) in [5, 5.41) is 7.33. The molecule has 4 rings (SSSR count). The molecule has 0 unspecified atom stereocenters. The van der Waals surface area contributed by atoms with Gasteiger partial charge in [-0.1, -0.05) is 13.8 Å². The van der Waals surface area contributed by atoms with Crippen LogP contribution in [0.4, 0.5) is 5.95 Å².